The molecule has 0 aromatic carbocycles. The molecule has 0 aromatic heterocycles. The molecule has 0 aliphatic carbocycles. The highest BCUT2D eigenvalue weighted by Crippen LogP contribution is 2.14. The van der Waals surface area contributed by atoms with E-state index in [1.165, 1.54) is 70.6 Å². The van der Waals surface area contributed by atoms with Crippen LogP contribution in [0.5, 0.6) is 0 Å². The van der Waals surface area contributed by atoms with Crippen molar-refractivity contribution in [3.63, 3.8) is 0 Å². The van der Waals surface area contributed by atoms with Gasteiger partial charge in [0, 0.05) is 0 Å². The van der Waals surface area contributed by atoms with Crippen molar-refractivity contribution in [3.8, 4) is 0 Å². The van der Waals surface area contributed by atoms with E-state index in [4.69, 9.17) is 0 Å². The van der Waals surface area contributed by atoms with Crippen LogP contribution < -0.4 is 0 Å². The second-order valence-electron chi connectivity index (χ2n) is 6.88. The lowest BCUT2D eigenvalue weighted by Crippen LogP contribution is -2.14. The van der Waals surface area contributed by atoms with Gasteiger partial charge in [-0.2, -0.15) is 10.2 Å². The second-order valence-corrected chi connectivity index (χ2v) is 6.88. The van der Waals surface area contributed by atoms with Crippen molar-refractivity contribution in [1.82, 2.24) is 0 Å². The molecule has 0 aliphatic heterocycles. The van der Waals surface area contributed by atoms with Crippen LogP contribution >= 0.6 is 0 Å². The Kier molecular flexibility index (Phi) is 13.0. The van der Waals surface area contributed by atoms with E-state index in [0.717, 1.165) is 6.42 Å². The van der Waals surface area contributed by atoms with Gasteiger partial charge in [-0.1, -0.05) is 77.6 Å². The molecule has 126 valence electrons. The Bertz CT molecular complexity index is 246. The topological polar surface area (TPSA) is 45.0 Å². The van der Waals surface area contributed by atoms with E-state index < -0.39 is 5.72 Å². The van der Waals surface area contributed by atoms with E-state index in [2.05, 4.69) is 24.1 Å². The first-order chi connectivity index (χ1) is 9.95. The van der Waals surface area contributed by atoms with Crippen LogP contribution in [-0.2, 0) is 0 Å². The zero-order valence-electron chi connectivity index (χ0n) is 14.9. The van der Waals surface area contributed by atoms with Crippen molar-refractivity contribution in [3.05, 3.63) is 0 Å². The van der Waals surface area contributed by atoms with Crippen LogP contribution in [0.25, 0.3) is 0 Å². The van der Waals surface area contributed by atoms with Crippen molar-refractivity contribution in [2.75, 3.05) is 0 Å². The number of nitrogens with zero attached hydrogens (tertiary/aromatic N) is 2. The summed E-state index contributed by atoms with van der Waals surface area (Å²) < 4.78 is 0. The van der Waals surface area contributed by atoms with Crippen molar-refractivity contribution >= 4 is 0 Å². The van der Waals surface area contributed by atoms with E-state index in [1.54, 1.807) is 13.8 Å². The molecule has 1 unspecified atom stereocenters. The second kappa shape index (κ2) is 13.2. The molecule has 0 radical (unpaired) electrons. The molecule has 3 heteroatoms. The van der Waals surface area contributed by atoms with Gasteiger partial charge < -0.3 is 5.11 Å². The van der Waals surface area contributed by atoms with Gasteiger partial charge >= 0.3 is 0 Å². The largest absolute Gasteiger partial charge is 0.368 e. The smallest absolute Gasteiger partial charge is 0.170 e. The molecule has 0 fully saturated rings. The predicted octanol–water partition coefficient (Wildman–Crippen LogP) is 6.26. The van der Waals surface area contributed by atoms with Crippen molar-refractivity contribution in [2.24, 2.45) is 10.2 Å². The molecule has 3 nitrogen and oxygen atoms in total. The van der Waals surface area contributed by atoms with Crippen LogP contribution in [0, 0.1) is 0 Å². The average molecular weight is 299 g/mol. The summed E-state index contributed by atoms with van der Waals surface area (Å²) in [6, 6.07) is 0.231. The van der Waals surface area contributed by atoms with E-state index in [-0.39, 0.29) is 6.04 Å². The first-order valence-corrected chi connectivity index (χ1v) is 9.10. The van der Waals surface area contributed by atoms with Gasteiger partial charge in [0.15, 0.2) is 5.72 Å². The first-order valence-electron chi connectivity index (χ1n) is 9.10. The highest BCUT2D eigenvalue weighted by atomic mass is 16.3. The minimum absolute atomic E-state index is 0.231. The van der Waals surface area contributed by atoms with Crippen LogP contribution in [-0.4, -0.2) is 16.9 Å². The summed E-state index contributed by atoms with van der Waals surface area (Å²) in [6.45, 7) is 7.66. The number of azo groups is 1. The van der Waals surface area contributed by atoms with Crippen molar-refractivity contribution < 1.29 is 5.11 Å². The Morgan fingerprint density at radius 3 is 1.67 bits per heavy atom. The standard InChI is InChI=1S/C18H38N2O/c1-5-6-7-8-9-10-11-12-13-14-15-16-17(2)19-20-18(3,4)21/h17,21H,5-16H2,1-4H3/b20-19+. The number of aliphatic hydroxyl groups is 1. The van der Waals surface area contributed by atoms with Gasteiger partial charge in [-0.3, -0.25) is 0 Å². The van der Waals surface area contributed by atoms with E-state index in [0.29, 0.717) is 0 Å². The van der Waals surface area contributed by atoms with Crippen molar-refractivity contribution in [1.29, 1.82) is 0 Å². The maximum absolute atomic E-state index is 9.47. The third-order valence-corrected chi connectivity index (χ3v) is 3.73. The van der Waals surface area contributed by atoms with E-state index in [1.807, 2.05) is 0 Å². The van der Waals surface area contributed by atoms with Crippen LogP contribution in [0.4, 0.5) is 0 Å². The summed E-state index contributed by atoms with van der Waals surface area (Å²) in [4.78, 5) is 0. The van der Waals surface area contributed by atoms with E-state index >= 15 is 0 Å². The molecule has 0 bridgehead atoms. The number of rotatable bonds is 14. The van der Waals surface area contributed by atoms with Gasteiger partial charge in [0.2, 0.25) is 0 Å². The number of hydrogen-bond acceptors (Lipinski definition) is 3. The fourth-order valence-electron chi connectivity index (χ4n) is 2.40. The molecular formula is C18H38N2O. The van der Waals surface area contributed by atoms with Crippen molar-refractivity contribution in [2.45, 2.75) is 117 Å². The monoisotopic (exact) mass is 298 g/mol. The molecule has 0 heterocycles. The highest BCUT2D eigenvalue weighted by molar-refractivity contribution is 4.62. The zero-order chi connectivity index (χ0) is 16.0. The minimum atomic E-state index is -1.02. The van der Waals surface area contributed by atoms with E-state index in [9.17, 15) is 5.11 Å². The fourth-order valence-corrected chi connectivity index (χ4v) is 2.40. The van der Waals surface area contributed by atoms with Crippen LogP contribution in [0.15, 0.2) is 10.2 Å². The molecule has 21 heavy (non-hydrogen) atoms. The third-order valence-electron chi connectivity index (χ3n) is 3.73. The number of unbranched alkanes of at least 4 members (excludes halogenated alkanes) is 10. The Balaban J connectivity index is 3.27. The predicted molar refractivity (Wildman–Crippen MR) is 91.7 cm³/mol. The SMILES string of the molecule is CCCCCCCCCCCCCC(C)/N=N/C(C)(C)O. The Morgan fingerprint density at radius 1 is 0.810 bits per heavy atom. The van der Waals surface area contributed by atoms with Gasteiger partial charge in [-0.05, 0) is 27.2 Å². The van der Waals surface area contributed by atoms with Gasteiger partial charge in [0.1, 0.15) is 0 Å². The Hall–Kier alpha value is -0.440. The van der Waals surface area contributed by atoms with Gasteiger partial charge in [0.05, 0.1) is 6.04 Å². The average Bonchev–Trinajstić information content (AvgIpc) is 2.42. The van der Waals surface area contributed by atoms with Crippen LogP contribution in [0.3, 0.4) is 0 Å². The molecule has 0 saturated heterocycles. The van der Waals surface area contributed by atoms with Crippen LogP contribution in [0.1, 0.15) is 105 Å². The van der Waals surface area contributed by atoms with Gasteiger partial charge in [0.25, 0.3) is 0 Å². The fraction of sp³-hybridized carbons (Fsp3) is 1.00. The summed E-state index contributed by atoms with van der Waals surface area (Å²) >= 11 is 0. The molecule has 0 spiro atoms. The molecule has 0 rings (SSSR count). The maximum atomic E-state index is 9.47. The van der Waals surface area contributed by atoms with Crippen LogP contribution in [0.2, 0.25) is 0 Å². The third kappa shape index (κ3) is 17.5. The summed E-state index contributed by atoms with van der Waals surface area (Å²) in [5, 5.41) is 17.5. The molecule has 0 saturated carbocycles. The Morgan fingerprint density at radius 2 is 1.24 bits per heavy atom. The molecule has 0 aromatic rings. The molecular weight excluding hydrogens is 260 g/mol. The maximum Gasteiger partial charge on any atom is 0.170 e. The lowest BCUT2D eigenvalue weighted by Gasteiger charge is -2.11. The minimum Gasteiger partial charge on any atom is -0.368 e. The molecule has 1 N–H and O–H groups in total. The lowest BCUT2D eigenvalue weighted by molar-refractivity contribution is 0.0803. The quantitative estimate of drug-likeness (QED) is 0.298. The lowest BCUT2D eigenvalue weighted by atomic mass is 10.0. The molecule has 0 aliphatic rings. The normalized spacial score (nSPS) is 14.0. The highest BCUT2D eigenvalue weighted by Gasteiger charge is 2.09. The van der Waals surface area contributed by atoms with Gasteiger partial charge in [-0.25, -0.2) is 0 Å². The first kappa shape index (κ1) is 20.6. The van der Waals surface area contributed by atoms with Gasteiger partial charge in [-0.15, -0.1) is 0 Å². The summed E-state index contributed by atoms with van der Waals surface area (Å²) in [5.41, 5.74) is -1.02. The molecule has 1 atom stereocenters. The summed E-state index contributed by atoms with van der Waals surface area (Å²) in [7, 11) is 0. The Labute approximate surface area is 132 Å². The number of hydrogen-bond donors (Lipinski definition) is 1. The zero-order valence-corrected chi connectivity index (χ0v) is 14.9. The summed E-state index contributed by atoms with van der Waals surface area (Å²) in [5.74, 6) is 0. The summed E-state index contributed by atoms with van der Waals surface area (Å²) in [6.07, 6.45) is 16.2. The molecule has 0 amide bonds.